The number of carbonyl (C=O) groups is 1. The molecule has 5 nitrogen and oxygen atoms in total. The number of nitrogens with one attached hydrogen (secondary N) is 1. The molecule has 3 N–H and O–H groups in total. The molecule has 0 aliphatic carbocycles. The third-order valence-electron chi connectivity index (χ3n) is 4.28. The van der Waals surface area contributed by atoms with Crippen molar-refractivity contribution in [2.24, 2.45) is 0 Å². The number of amides is 1. The summed E-state index contributed by atoms with van der Waals surface area (Å²) in [6.45, 7) is 9.27. The average molecular weight is 377 g/mol. The van der Waals surface area contributed by atoms with Crippen LogP contribution in [0.5, 0.6) is 0 Å². The molecular formula is C17H30Cl2N4O. The van der Waals surface area contributed by atoms with E-state index in [1.807, 2.05) is 24.3 Å². The molecule has 0 saturated carbocycles. The Morgan fingerprint density at radius 1 is 1.08 bits per heavy atom. The number of benzene rings is 1. The van der Waals surface area contributed by atoms with Crippen LogP contribution in [0.3, 0.4) is 0 Å². The van der Waals surface area contributed by atoms with Crippen molar-refractivity contribution in [3.8, 4) is 0 Å². The second kappa shape index (κ2) is 12.4. The Morgan fingerprint density at radius 2 is 1.67 bits per heavy atom. The lowest BCUT2D eigenvalue weighted by Gasteiger charge is -2.33. The number of hydrogen-bond acceptors (Lipinski definition) is 4. The Balaban J connectivity index is 0.00000264. The molecule has 138 valence electrons. The van der Waals surface area contributed by atoms with Crippen molar-refractivity contribution in [3.63, 3.8) is 0 Å². The predicted octanol–water partition coefficient (Wildman–Crippen LogP) is 1.80. The average Bonchev–Trinajstić information content (AvgIpc) is 2.55. The Hall–Kier alpha value is -1.01. The van der Waals surface area contributed by atoms with E-state index in [0.717, 1.165) is 51.4 Å². The zero-order valence-electron chi connectivity index (χ0n) is 14.4. The zero-order valence-corrected chi connectivity index (χ0v) is 16.0. The summed E-state index contributed by atoms with van der Waals surface area (Å²) in [6.07, 6.45) is 1.44. The van der Waals surface area contributed by atoms with Gasteiger partial charge >= 0.3 is 0 Å². The van der Waals surface area contributed by atoms with Gasteiger partial charge in [0, 0.05) is 51.4 Å². The van der Waals surface area contributed by atoms with Gasteiger partial charge in [-0.15, -0.1) is 24.8 Å². The number of nitrogens with zero attached hydrogens (tertiary/aromatic N) is 2. The van der Waals surface area contributed by atoms with Crippen LogP contribution in [0.4, 0.5) is 5.69 Å². The minimum Gasteiger partial charge on any atom is -0.399 e. The Kier molecular flexibility index (Phi) is 11.8. The molecule has 0 radical (unpaired) electrons. The monoisotopic (exact) mass is 376 g/mol. The van der Waals surface area contributed by atoms with Gasteiger partial charge in [-0.3, -0.25) is 4.79 Å². The lowest BCUT2D eigenvalue weighted by atomic mass is 10.1. The molecule has 1 saturated heterocycles. The molecule has 1 amide bonds. The van der Waals surface area contributed by atoms with Gasteiger partial charge in [0.15, 0.2) is 0 Å². The first kappa shape index (κ1) is 23.0. The van der Waals surface area contributed by atoms with Crippen molar-refractivity contribution in [3.05, 3.63) is 29.8 Å². The smallest absolute Gasteiger partial charge is 0.221 e. The number of piperazine rings is 1. The van der Waals surface area contributed by atoms with Crippen molar-refractivity contribution in [2.75, 3.05) is 51.5 Å². The highest BCUT2D eigenvalue weighted by atomic mass is 35.5. The summed E-state index contributed by atoms with van der Waals surface area (Å²) in [5.74, 6) is 0.147. The van der Waals surface area contributed by atoms with E-state index >= 15 is 0 Å². The topological polar surface area (TPSA) is 61.6 Å². The van der Waals surface area contributed by atoms with Gasteiger partial charge in [0.05, 0.1) is 0 Å². The summed E-state index contributed by atoms with van der Waals surface area (Å²) >= 11 is 0. The van der Waals surface area contributed by atoms with Gasteiger partial charge in [0.25, 0.3) is 0 Å². The molecule has 1 fully saturated rings. The van der Waals surface area contributed by atoms with Gasteiger partial charge in [0.1, 0.15) is 0 Å². The maximum atomic E-state index is 11.9. The van der Waals surface area contributed by atoms with E-state index in [-0.39, 0.29) is 30.7 Å². The molecule has 0 spiro atoms. The summed E-state index contributed by atoms with van der Waals surface area (Å²) < 4.78 is 0. The van der Waals surface area contributed by atoms with Gasteiger partial charge in [-0.25, -0.2) is 0 Å². The van der Waals surface area contributed by atoms with Crippen molar-refractivity contribution in [2.45, 2.75) is 19.8 Å². The predicted molar refractivity (Wildman–Crippen MR) is 105 cm³/mol. The molecule has 7 heteroatoms. The van der Waals surface area contributed by atoms with Crippen LogP contribution >= 0.6 is 24.8 Å². The number of nitrogen functional groups attached to an aromatic ring is 1. The third-order valence-corrected chi connectivity index (χ3v) is 4.28. The highest BCUT2D eigenvalue weighted by Crippen LogP contribution is 2.05. The van der Waals surface area contributed by atoms with E-state index < -0.39 is 0 Å². The van der Waals surface area contributed by atoms with E-state index in [1.165, 1.54) is 5.56 Å². The van der Waals surface area contributed by atoms with Gasteiger partial charge in [0.2, 0.25) is 5.91 Å². The minimum atomic E-state index is 0. The minimum absolute atomic E-state index is 0. The zero-order chi connectivity index (χ0) is 15.8. The van der Waals surface area contributed by atoms with Crippen molar-refractivity contribution in [1.82, 2.24) is 15.1 Å². The molecule has 1 aromatic rings. The van der Waals surface area contributed by atoms with Gasteiger partial charge in [-0.1, -0.05) is 19.1 Å². The molecule has 24 heavy (non-hydrogen) atoms. The Bertz CT molecular complexity index is 462. The fourth-order valence-electron chi connectivity index (χ4n) is 2.71. The number of halogens is 2. The van der Waals surface area contributed by atoms with Crippen LogP contribution in [-0.2, 0) is 11.2 Å². The lowest BCUT2D eigenvalue weighted by molar-refractivity contribution is -0.121. The molecule has 1 aromatic carbocycles. The number of rotatable bonds is 7. The molecule has 2 rings (SSSR count). The first-order valence-electron chi connectivity index (χ1n) is 8.23. The van der Waals surface area contributed by atoms with Crippen molar-refractivity contribution >= 4 is 36.4 Å². The van der Waals surface area contributed by atoms with E-state index in [9.17, 15) is 4.79 Å². The van der Waals surface area contributed by atoms with E-state index in [4.69, 9.17) is 5.73 Å². The standard InChI is InChI=1S/C17H28N4O.2ClH/c1-2-20-11-13-21(14-12-20)10-8-17(22)19-9-7-15-3-5-16(18)6-4-15;;/h3-6H,2,7-14,18H2,1H3,(H,19,22);2*1H. The largest absolute Gasteiger partial charge is 0.399 e. The summed E-state index contributed by atoms with van der Waals surface area (Å²) in [5, 5.41) is 3.00. The Labute approximate surface area is 157 Å². The number of likely N-dealkylation sites (N-methyl/N-ethyl adjacent to an activating group) is 1. The molecule has 0 aromatic heterocycles. The molecule has 1 heterocycles. The highest BCUT2D eigenvalue weighted by Gasteiger charge is 2.15. The number of anilines is 1. The first-order valence-corrected chi connectivity index (χ1v) is 8.23. The maximum absolute atomic E-state index is 11.9. The lowest BCUT2D eigenvalue weighted by Crippen LogP contribution is -2.47. The van der Waals surface area contributed by atoms with Gasteiger partial charge in [-0.05, 0) is 30.7 Å². The van der Waals surface area contributed by atoms with Crippen LogP contribution in [0.25, 0.3) is 0 Å². The van der Waals surface area contributed by atoms with Crippen LogP contribution in [0.2, 0.25) is 0 Å². The van der Waals surface area contributed by atoms with E-state index in [2.05, 4.69) is 22.0 Å². The summed E-state index contributed by atoms with van der Waals surface area (Å²) in [4.78, 5) is 16.7. The van der Waals surface area contributed by atoms with Crippen molar-refractivity contribution in [1.29, 1.82) is 0 Å². The first-order chi connectivity index (χ1) is 10.7. The van der Waals surface area contributed by atoms with Crippen LogP contribution < -0.4 is 11.1 Å². The SMILES string of the molecule is CCN1CCN(CCC(=O)NCCc2ccc(N)cc2)CC1.Cl.Cl. The van der Waals surface area contributed by atoms with Crippen molar-refractivity contribution < 1.29 is 4.79 Å². The Morgan fingerprint density at radius 3 is 2.25 bits per heavy atom. The second-order valence-corrected chi connectivity index (χ2v) is 5.87. The van der Waals surface area contributed by atoms with E-state index in [0.29, 0.717) is 13.0 Å². The fraction of sp³-hybridized carbons (Fsp3) is 0.588. The van der Waals surface area contributed by atoms with Gasteiger partial charge < -0.3 is 20.9 Å². The third kappa shape index (κ3) is 8.20. The highest BCUT2D eigenvalue weighted by molar-refractivity contribution is 5.85. The normalized spacial score (nSPS) is 15.2. The second-order valence-electron chi connectivity index (χ2n) is 5.87. The van der Waals surface area contributed by atoms with Gasteiger partial charge in [-0.2, -0.15) is 0 Å². The molecule has 0 atom stereocenters. The number of nitrogens with two attached hydrogens (primary N) is 1. The number of carbonyl (C=O) groups excluding carboxylic acids is 1. The summed E-state index contributed by atoms with van der Waals surface area (Å²) in [7, 11) is 0. The quantitative estimate of drug-likeness (QED) is 0.712. The fourth-order valence-corrected chi connectivity index (χ4v) is 2.71. The van der Waals surface area contributed by atoms with Crippen LogP contribution in [0.15, 0.2) is 24.3 Å². The molecule has 0 unspecified atom stereocenters. The van der Waals surface area contributed by atoms with Crippen LogP contribution in [0, 0.1) is 0 Å². The molecule has 1 aliphatic heterocycles. The molecule has 1 aliphatic rings. The summed E-state index contributed by atoms with van der Waals surface area (Å²) in [6, 6.07) is 7.81. The maximum Gasteiger partial charge on any atom is 0.221 e. The van der Waals surface area contributed by atoms with E-state index in [1.54, 1.807) is 0 Å². The number of hydrogen-bond donors (Lipinski definition) is 2. The van der Waals surface area contributed by atoms with Crippen LogP contribution in [0.1, 0.15) is 18.9 Å². The van der Waals surface area contributed by atoms with Crippen LogP contribution in [-0.4, -0.2) is 61.5 Å². The summed E-state index contributed by atoms with van der Waals surface area (Å²) in [5.41, 5.74) is 7.63. The molecule has 0 bridgehead atoms. The molecular weight excluding hydrogens is 347 g/mol.